The van der Waals surface area contributed by atoms with Gasteiger partial charge in [0.15, 0.2) is 0 Å². The maximum absolute atomic E-state index is 12.2. The third-order valence-corrected chi connectivity index (χ3v) is 4.76. The van der Waals surface area contributed by atoms with Crippen molar-refractivity contribution in [3.05, 3.63) is 45.6 Å². The highest BCUT2D eigenvalue weighted by atomic mass is 32.1. The minimum absolute atomic E-state index is 0.0808. The summed E-state index contributed by atoms with van der Waals surface area (Å²) < 4.78 is 0. The molecular weight excluding hydrogens is 284 g/mol. The fraction of sp³-hybridized carbons (Fsp3) is 0.250. The van der Waals surface area contributed by atoms with Gasteiger partial charge in [0.1, 0.15) is 0 Å². The normalized spacial score (nSPS) is 14.0. The van der Waals surface area contributed by atoms with Crippen LogP contribution in [0.15, 0.2) is 29.6 Å². The van der Waals surface area contributed by atoms with Crippen molar-refractivity contribution in [1.29, 1.82) is 0 Å². The zero-order chi connectivity index (χ0) is 15.0. The summed E-state index contributed by atoms with van der Waals surface area (Å²) in [6.07, 6.45) is 1.24. The lowest BCUT2D eigenvalue weighted by Gasteiger charge is -2.26. The fourth-order valence-electron chi connectivity index (χ4n) is 2.53. The summed E-state index contributed by atoms with van der Waals surface area (Å²) in [4.78, 5) is 26.3. The Labute approximate surface area is 127 Å². The molecule has 2 aromatic rings. The highest BCUT2D eigenvalue weighted by molar-refractivity contribution is 7.12. The third-order valence-electron chi connectivity index (χ3n) is 3.75. The largest absolute Gasteiger partial charge is 0.321 e. The summed E-state index contributed by atoms with van der Waals surface area (Å²) in [6.45, 7) is 1.93. The molecule has 2 heterocycles. The molecule has 1 aromatic heterocycles. The fourth-order valence-corrected chi connectivity index (χ4v) is 3.35. The molecule has 0 radical (unpaired) electrons. The third kappa shape index (κ3) is 2.56. The highest BCUT2D eigenvalue weighted by Gasteiger charge is 2.21. The van der Waals surface area contributed by atoms with Gasteiger partial charge >= 0.3 is 0 Å². The van der Waals surface area contributed by atoms with Crippen molar-refractivity contribution in [2.24, 2.45) is 0 Å². The lowest BCUT2D eigenvalue weighted by Crippen LogP contribution is -2.31. The van der Waals surface area contributed by atoms with Crippen molar-refractivity contribution in [2.45, 2.75) is 19.8 Å². The van der Waals surface area contributed by atoms with Gasteiger partial charge in [-0.2, -0.15) is 0 Å². The van der Waals surface area contributed by atoms with Gasteiger partial charge in [0.2, 0.25) is 5.91 Å². The van der Waals surface area contributed by atoms with Gasteiger partial charge in [-0.05, 0) is 54.1 Å². The number of hydrogen-bond donors (Lipinski definition) is 1. The van der Waals surface area contributed by atoms with Crippen molar-refractivity contribution in [2.75, 3.05) is 17.3 Å². The number of carbonyl (C=O) groups excluding carboxylic acids is 2. The van der Waals surface area contributed by atoms with Crippen LogP contribution in [-0.4, -0.2) is 18.9 Å². The number of fused-ring (bicyclic) bond motifs is 1. The number of hydrogen-bond acceptors (Lipinski definition) is 3. The Morgan fingerprint density at radius 3 is 2.81 bits per heavy atom. The molecule has 21 heavy (non-hydrogen) atoms. The summed E-state index contributed by atoms with van der Waals surface area (Å²) in [5.41, 5.74) is 3.78. The Balaban J connectivity index is 1.83. The van der Waals surface area contributed by atoms with Crippen LogP contribution >= 0.6 is 11.3 Å². The number of nitrogens with zero attached hydrogens (tertiary/aromatic N) is 1. The molecule has 1 aromatic carbocycles. The predicted molar refractivity (Wildman–Crippen MR) is 85.2 cm³/mol. The molecule has 0 spiro atoms. The highest BCUT2D eigenvalue weighted by Crippen LogP contribution is 2.29. The van der Waals surface area contributed by atoms with Crippen LogP contribution in [0.2, 0.25) is 0 Å². The average molecular weight is 300 g/mol. The molecule has 1 N–H and O–H groups in total. The SMILES string of the molecule is Cc1ccsc1C(=O)Nc1ccc2c(c1)CCC(=O)N2C. The van der Waals surface area contributed by atoms with E-state index in [0.29, 0.717) is 6.42 Å². The molecule has 2 amide bonds. The quantitative estimate of drug-likeness (QED) is 0.925. The molecular formula is C16H16N2O2S. The molecule has 0 unspecified atom stereocenters. The molecule has 4 nitrogen and oxygen atoms in total. The van der Waals surface area contributed by atoms with Gasteiger partial charge in [-0.25, -0.2) is 0 Å². The van der Waals surface area contributed by atoms with Gasteiger partial charge in [-0.15, -0.1) is 11.3 Å². The van der Waals surface area contributed by atoms with Gasteiger partial charge in [-0.3, -0.25) is 9.59 Å². The van der Waals surface area contributed by atoms with E-state index in [2.05, 4.69) is 5.32 Å². The number of carbonyl (C=O) groups is 2. The van der Waals surface area contributed by atoms with Crippen molar-refractivity contribution < 1.29 is 9.59 Å². The van der Waals surface area contributed by atoms with Gasteiger partial charge < -0.3 is 10.2 Å². The van der Waals surface area contributed by atoms with E-state index in [1.807, 2.05) is 36.6 Å². The van der Waals surface area contributed by atoms with E-state index >= 15 is 0 Å². The zero-order valence-corrected chi connectivity index (χ0v) is 12.8. The standard InChI is InChI=1S/C16H16N2O2S/c1-10-7-8-21-15(10)16(20)17-12-4-5-13-11(9-12)3-6-14(19)18(13)2/h4-5,7-9H,3,6H2,1-2H3,(H,17,20). The first-order chi connectivity index (χ1) is 10.1. The van der Waals surface area contributed by atoms with Crippen LogP contribution in [-0.2, 0) is 11.2 Å². The van der Waals surface area contributed by atoms with Crippen LogP contribution in [0.4, 0.5) is 11.4 Å². The van der Waals surface area contributed by atoms with E-state index in [0.717, 1.165) is 33.8 Å². The maximum Gasteiger partial charge on any atom is 0.265 e. The van der Waals surface area contributed by atoms with Crippen molar-refractivity contribution >= 4 is 34.5 Å². The van der Waals surface area contributed by atoms with Gasteiger partial charge in [0.05, 0.1) is 4.88 Å². The molecule has 1 aliphatic rings. The minimum atomic E-state index is -0.0808. The second kappa shape index (κ2) is 5.33. The molecule has 0 saturated heterocycles. The van der Waals surface area contributed by atoms with Gasteiger partial charge in [0, 0.05) is 24.8 Å². The van der Waals surface area contributed by atoms with Crippen LogP contribution in [0.5, 0.6) is 0 Å². The Bertz CT molecular complexity index is 721. The smallest absolute Gasteiger partial charge is 0.265 e. The molecule has 0 bridgehead atoms. The molecule has 0 saturated carbocycles. The minimum Gasteiger partial charge on any atom is -0.321 e. The van der Waals surface area contributed by atoms with Crippen LogP contribution in [0.3, 0.4) is 0 Å². The average Bonchev–Trinajstić information content (AvgIpc) is 2.89. The van der Waals surface area contributed by atoms with E-state index in [1.54, 1.807) is 11.9 Å². The first-order valence-corrected chi connectivity index (χ1v) is 7.69. The number of aryl methyl sites for hydroxylation is 2. The first-order valence-electron chi connectivity index (χ1n) is 6.81. The van der Waals surface area contributed by atoms with Crippen LogP contribution < -0.4 is 10.2 Å². The lowest BCUT2D eigenvalue weighted by molar-refractivity contribution is -0.118. The Hall–Kier alpha value is -2.14. The van der Waals surface area contributed by atoms with E-state index in [4.69, 9.17) is 0 Å². The van der Waals surface area contributed by atoms with Crippen LogP contribution in [0.1, 0.15) is 27.2 Å². The van der Waals surface area contributed by atoms with E-state index < -0.39 is 0 Å². The molecule has 0 atom stereocenters. The van der Waals surface area contributed by atoms with Crippen molar-refractivity contribution in [3.8, 4) is 0 Å². The summed E-state index contributed by atoms with van der Waals surface area (Å²) in [6, 6.07) is 7.63. The second-order valence-electron chi connectivity index (χ2n) is 5.18. The van der Waals surface area contributed by atoms with E-state index in [9.17, 15) is 9.59 Å². The Morgan fingerprint density at radius 1 is 1.29 bits per heavy atom. The topological polar surface area (TPSA) is 49.4 Å². The van der Waals surface area contributed by atoms with Crippen LogP contribution in [0.25, 0.3) is 0 Å². The second-order valence-corrected chi connectivity index (χ2v) is 6.10. The van der Waals surface area contributed by atoms with Gasteiger partial charge in [-0.1, -0.05) is 0 Å². The van der Waals surface area contributed by atoms with Gasteiger partial charge in [0.25, 0.3) is 5.91 Å². The first kappa shape index (κ1) is 13.8. The summed E-state index contributed by atoms with van der Waals surface area (Å²) in [7, 11) is 1.79. The van der Waals surface area contributed by atoms with Crippen LogP contribution in [0, 0.1) is 6.92 Å². The number of anilines is 2. The zero-order valence-electron chi connectivity index (χ0n) is 12.0. The predicted octanol–water partition coefficient (Wildman–Crippen LogP) is 3.22. The summed E-state index contributed by atoms with van der Waals surface area (Å²) >= 11 is 1.44. The molecule has 1 aliphatic heterocycles. The molecule has 108 valence electrons. The molecule has 5 heteroatoms. The Kier molecular flexibility index (Phi) is 3.51. The van der Waals surface area contributed by atoms with E-state index in [-0.39, 0.29) is 11.8 Å². The number of nitrogens with one attached hydrogen (secondary N) is 1. The summed E-state index contributed by atoms with van der Waals surface area (Å²) in [5.74, 6) is 0.0520. The van der Waals surface area contributed by atoms with Crippen molar-refractivity contribution in [3.63, 3.8) is 0 Å². The number of amides is 2. The molecule has 3 rings (SSSR count). The number of rotatable bonds is 2. The van der Waals surface area contributed by atoms with E-state index in [1.165, 1.54) is 11.3 Å². The molecule has 0 fully saturated rings. The molecule has 0 aliphatic carbocycles. The number of benzene rings is 1. The monoisotopic (exact) mass is 300 g/mol. The number of thiophene rings is 1. The maximum atomic E-state index is 12.2. The Morgan fingerprint density at radius 2 is 2.10 bits per heavy atom. The van der Waals surface area contributed by atoms with Crippen molar-refractivity contribution in [1.82, 2.24) is 0 Å². The summed E-state index contributed by atoms with van der Waals surface area (Å²) in [5, 5.41) is 4.84. The lowest BCUT2D eigenvalue weighted by atomic mass is 10.0.